The highest BCUT2D eigenvalue weighted by molar-refractivity contribution is 6.29. The van der Waals surface area contributed by atoms with Gasteiger partial charge in [0.05, 0.1) is 17.1 Å². The molecular weight excluding hydrogens is 444 g/mol. The Labute approximate surface area is 193 Å². The number of pyridine rings is 1. The molecule has 33 heavy (non-hydrogen) atoms. The number of carboxylic acid groups (broad SMARTS) is 1. The lowest BCUT2D eigenvalue weighted by molar-refractivity contribution is 0.0691. The molecule has 2 aromatic heterocycles. The molecule has 1 atom stereocenters. The van der Waals surface area contributed by atoms with E-state index in [1.807, 2.05) is 44.2 Å². The second-order valence-electron chi connectivity index (χ2n) is 7.97. The Morgan fingerprint density at radius 2 is 2.00 bits per heavy atom. The molecule has 8 heteroatoms. The van der Waals surface area contributed by atoms with Gasteiger partial charge in [0.2, 0.25) is 11.2 Å². The van der Waals surface area contributed by atoms with Crippen molar-refractivity contribution in [2.24, 2.45) is 0 Å². The van der Waals surface area contributed by atoms with Crippen molar-refractivity contribution in [1.29, 1.82) is 0 Å². The largest absolute Gasteiger partial charge is 0.481 e. The third-order valence-corrected chi connectivity index (χ3v) is 5.87. The maximum Gasteiger partial charge on any atom is 0.356 e. The van der Waals surface area contributed by atoms with Gasteiger partial charge in [0.25, 0.3) is 0 Å². The lowest BCUT2D eigenvalue weighted by atomic mass is 9.98. The van der Waals surface area contributed by atoms with Gasteiger partial charge in [-0.15, -0.1) is 0 Å². The molecule has 3 heterocycles. The Morgan fingerprint density at radius 1 is 1.21 bits per heavy atom. The zero-order chi connectivity index (χ0) is 23.3. The minimum atomic E-state index is -1.20. The highest BCUT2D eigenvalue weighted by Crippen LogP contribution is 2.39. The summed E-state index contributed by atoms with van der Waals surface area (Å²) in [4.78, 5) is 28.9. The third-order valence-electron chi connectivity index (χ3n) is 5.66. The quantitative estimate of drug-likeness (QED) is 0.381. The van der Waals surface area contributed by atoms with Gasteiger partial charge in [-0.2, -0.15) is 0 Å². The first-order valence-electron chi connectivity index (χ1n) is 10.3. The number of anilines is 1. The van der Waals surface area contributed by atoms with E-state index in [1.54, 1.807) is 12.1 Å². The molecule has 0 radical (unpaired) electrons. The highest BCUT2D eigenvalue weighted by Gasteiger charge is 2.26. The van der Waals surface area contributed by atoms with Crippen molar-refractivity contribution in [2.45, 2.75) is 26.5 Å². The van der Waals surface area contributed by atoms with Crippen molar-refractivity contribution in [3.63, 3.8) is 0 Å². The Kier molecular flexibility index (Phi) is 5.06. The molecule has 0 spiro atoms. The summed E-state index contributed by atoms with van der Waals surface area (Å²) in [6.45, 7) is 4.05. The van der Waals surface area contributed by atoms with E-state index in [-0.39, 0.29) is 22.0 Å². The van der Waals surface area contributed by atoms with E-state index in [0.717, 1.165) is 16.7 Å². The standard InChI is InChI=1S/C25H19ClN2O5/c1-12-9-16(13(2)27-18-7-8-19(26)28-20(18)25(30)31)22-17(10-12)21(29)24-23(33-22)15-6-4-3-5-14(15)11-32-24/h3-10,13,27H,11H2,1-2H3,(H,30,31). The minimum absolute atomic E-state index is 0.0860. The summed E-state index contributed by atoms with van der Waals surface area (Å²) in [7, 11) is 0. The minimum Gasteiger partial charge on any atom is -0.481 e. The summed E-state index contributed by atoms with van der Waals surface area (Å²) in [5, 5.41) is 13.2. The topological polar surface area (TPSA) is 102 Å². The van der Waals surface area contributed by atoms with Gasteiger partial charge in [-0.1, -0.05) is 41.9 Å². The van der Waals surface area contributed by atoms with Crippen molar-refractivity contribution in [1.82, 2.24) is 4.98 Å². The number of hydrogen-bond donors (Lipinski definition) is 2. The lowest BCUT2D eigenvalue weighted by Crippen LogP contribution is -2.17. The maximum atomic E-state index is 13.3. The van der Waals surface area contributed by atoms with Crippen molar-refractivity contribution in [3.05, 3.63) is 86.3 Å². The van der Waals surface area contributed by atoms with Crippen LogP contribution in [0, 0.1) is 6.92 Å². The van der Waals surface area contributed by atoms with Crippen LogP contribution < -0.4 is 15.5 Å². The van der Waals surface area contributed by atoms with Gasteiger partial charge in [0, 0.05) is 16.7 Å². The molecule has 1 aliphatic heterocycles. The molecular formula is C25H19ClN2O5. The maximum absolute atomic E-state index is 13.3. The van der Waals surface area contributed by atoms with Gasteiger partial charge < -0.3 is 19.6 Å². The second kappa shape index (κ2) is 7.94. The van der Waals surface area contributed by atoms with Gasteiger partial charge in [-0.25, -0.2) is 9.78 Å². The predicted octanol–water partition coefficient (Wildman–Crippen LogP) is 5.58. The summed E-state index contributed by atoms with van der Waals surface area (Å²) in [6.07, 6.45) is 0. The number of aromatic carboxylic acids is 1. The fourth-order valence-corrected chi connectivity index (χ4v) is 4.28. The molecule has 5 rings (SSSR count). The van der Waals surface area contributed by atoms with E-state index in [9.17, 15) is 14.7 Å². The molecule has 1 unspecified atom stereocenters. The van der Waals surface area contributed by atoms with E-state index in [2.05, 4.69) is 10.3 Å². The highest BCUT2D eigenvalue weighted by atomic mass is 35.5. The van der Waals surface area contributed by atoms with Gasteiger partial charge >= 0.3 is 5.97 Å². The number of carboxylic acids is 1. The molecule has 0 saturated carbocycles. The summed E-state index contributed by atoms with van der Waals surface area (Å²) in [5.41, 5.74) is 3.63. The van der Waals surface area contributed by atoms with Gasteiger partial charge in [0.1, 0.15) is 17.3 Å². The van der Waals surface area contributed by atoms with E-state index in [0.29, 0.717) is 34.6 Å². The van der Waals surface area contributed by atoms with Crippen LogP contribution in [-0.4, -0.2) is 16.1 Å². The van der Waals surface area contributed by atoms with Crippen LogP contribution in [0.25, 0.3) is 22.3 Å². The Balaban J connectivity index is 1.68. The average Bonchev–Trinajstić information content (AvgIpc) is 2.80. The first-order chi connectivity index (χ1) is 15.8. The first-order valence-corrected chi connectivity index (χ1v) is 10.7. The number of nitrogens with zero attached hydrogens (tertiary/aromatic N) is 1. The SMILES string of the molecule is Cc1cc(C(C)Nc2ccc(Cl)nc2C(=O)O)c2oc3c(c(=O)c2c1)OCc1ccccc1-3. The summed E-state index contributed by atoms with van der Waals surface area (Å²) in [5.74, 6) is -0.602. The molecule has 0 fully saturated rings. The number of carbonyl (C=O) groups is 1. The number of nitrogens with one attached hydrogen (secondary N) is 1. The molecule has 0 aliphatic carbocycles. The lowest BCUT2D eigenvalue weighted by Gasteiger charge is -2.22. The number of fused-ring (bicyclic) bond motifs is 4. The van der Waals surface area contributed by atoms with Crippen LogP contribution in [0.1, 0.15) is 40.1 Å². The van der Waals surface area contributed by atoms with Gasteiger partial charge in [-0.05, 0) is 37.6 Å². The summed E-state index contributed by atoms with van der Waals surface area (Å²) in [6, 6.07) is 14.0. The zero-order valence-corrected chi connectivity index (χ0v) is 18.6. The molecule has 4 aromatic rings. The number of hydrogen-bond acceptors (Lipinski definition) is 6. The summed E-state index contributed by atoms with van der Waals surface area (Å²) < 4.78 is 12.1. The van der Waals surface area contributed by atoms with Gasteiger partial charge in [0.15, 0.2) is 11.5 Å². The number of ether oxygens (including phenoxy) is 1. The fourth-order valence-electron chi connectivity index (χ4n) is 4.13. The first kappa shape index (κ1) is 21.0. The molecule has 2 aromatic carbocycles. The van der Waals surface area contributed by atoms with E-state index in [1.165, 1.54) is 6.07 Å². The van der Waals surface area contributed by atoms with Crippen molar-refractivity contribution in [3.8, 4) is 17.1 Å². The number of aromatic nitrogens is 1. The van der Waals surface area contributed by atoms with E-state index >= 15 is 0 Å². The molecule has 0 amide bonds. The predicted molar refractivity (Wildman–Crippen MR) is 125 cm³/mol. The van der Waals surface area contributed by atoms with Crippen molar-refractivity contribution < 1.29 is 19.1 Å². The average molecular weight is 463 g/mol. The summed E-state index contributed by atoms with van der Waals surface area (Å²) >= 11 is 5.88. The van der Waals surface area contributed by atoms with Crippen LogP contribution in [-0.2, 0) is 6.61 Å². The number of benzene rings is 2. The molecule has 2 N–H and O–H groups in total. The van der Waals surface area contributed by atoms with Crippen LogP contribution in [0.15, 0.2) is 57.7 Å². The van der Waals surface area contributed by atoms with Crippen LogP contribution >= 0.6 is 11.6 Å². The normalized spacial score (nSPS) is 13.1. The molecule has 7 nitrogen and oxygen atoms in total. The van der Waals surface area contributed by atoms with Crippen LogP contribution in [0.3, 0.4) is 0 Å². The van der Waals surface area contributed by atoms with Crippen molar-refractivity contribution in [2.75, 3.05) is 5.32 Å². The molecule has 0 bridgehead atoms. The smallest absolute Gasteiger partial charge is 0.356 e. The van der Waals surface area contributed by atoms with Gasteiger partial charge in [-0.3, -0.25) is 4.79 Å². The number of aryl methyl sites for hydroxylation is 1. The Bertz CT molecular complexity index is 1490. The zero-order valence-electron chi connectivity index (χ0n) is 17.8. The molecule has 0 saturated heterocycles. The monoisotopic (exact) mass is 462 g/mol. The Morgan fingerprint density at radius 3 is 2.79 bits per heavy atom. The molecule has 1 aliphatic rings. The van der Waals surface area contributed by atoms with Crippen LogP contribution in [0.4, 0.5) is 5.69 Å². The van der Waals surface area contributed by atoms with E-state index in [4.69, 9.17) is 20.8 Å². The second-order valence-corrected chi connectivity index (χ2v) is 8.35. The fraction of sp³-hybridized carbons (Fsp3) is 0.160. The van der Waals surface area contributed by atoms with Crippen LogP contribution in [0.5, 0.6) is 5.75 Å². The molecule has 166 valence electrons. The van der Waals surface area contributed by atoms with Crippen molar-refractivity contribution >= 4 is 34.2 Å². The number of rotatable bonds is 4. The third kappa shape index (κ3) is 3.60. The Hall–Kier alpha value is -3.84. The van der Waals surface area contributed by atoms with Crippen LogP contribution in [0.2, 0.25) is 5.15 Å². The number of halogens is 1. The van der Waals surface area contributed by atoms with E-state index < -0.39 is 12.0 Å².